The second-order valence-electron chi connectivity index (χ2n) is 5.45. The van der Waals surface area contributed by atoms with Crippen molar-refractivity contribution in [1.82, 2.24) is 10.5 Å². The van der Waals surface area contributed by atoms with Crippen LogP contribution in [0.15, 0.2) is 59.1 Å². The number of nitrogens with zero attached hydrogens (tertiary/aromatic N) is 1. The Labute approximate surface area is 151 Å². The summed E-state index contributed by atoms with van der Waals surface area (Å²) < 4.78 is 42.8. The number of aromatic nitrogens is 1. The Bertz CT molecular complexity index is 903. The average Bonchev–Trinajstić information content (AvgIpc) is 3.08. The van der Waals surface area contributed by atoms with Crippen LogP contribution in [0.2, 0.25) is 5.02 Å². The van der Waals surface area contributed by atoms with Gasteiger partial charge in [-0.3, -0.25) is 4.79 Å². The van der Waals surface area contributed by atoms with E-state index in [-0.39, 0.29) is 12.1 Å². The number of hydrogen-bond acceptors (Lipinski definition) is 3. The van der Waals surface area contributed by atoms with Crippen molar-refractivity contribution in [2.24, 2.45) is 0 Å². The van der Waals surface area contributed by atoms with Gasteiger partial charge in [0.2, 0.25) is 0 Å². The van der Waals surface area contributed by atoms with Gasteiger partial charge in [0.1, 0.15) is 5.69 Å². The number of benzene rings is 2. The number of amides is 1. The Morgan fingerprint density at radius 3 is 2.35 bits per heavy atom. The summed E-state index contributed by atoms with van der Waals surface area (Å²) in [7, 11) is 0. The van der Waals surface area contributed by atoms with Crippen molar-refractivity contribution in [3.8, 4) is 11.3 Å². The highest BCUT2D eigenvalue weighted by Crippen LogP contribution is 2.29. The summed E-state index contributed by atoms with van der Waals surface area (Å²) in [5.41, 5.74) is 0.579. The predicted octanol–water partition coefficient (Wildman–Crippen LogP) is 4.94. The molecule has 26 heavy (non-hydrogen) atoms. The topological polar surface area (TPSA) is 55.1 Å². The third-order valence-electron chi connectivity index (χ3n) is 3.59. The van der Waals surface area contributed by atoms with Crippen molar-refractivity contribution in [3.63, 3.8) is 0 Å². The summed E-state index contributed by atoms with van der Waals surface area (Å²) in [6, 6.07) is 12.6. The molecular weight excluding hydrogens is 369 g/mol. The van der Waals surface area contributed by atoms with Gasteiger partial charge in [-0.05, 0) is 48.5 Å². The molecule has 3 aromatic rings. The van der Waals surface area contributed by atoms with Gasteiger partial charge in [0.25, 0.3) is 5.91 Å². The van der Waals surface area contributed by atoms with Gasteiger partial charge < -0.3 is 9.84 Å². The molecule has 1 heterocycles. The van der Waals surface area contributed by atoms with Gasteiger partial charge in [-0.2, -0.15) is 13.2 Å². The average molecular weight is 381 g/mol. The van der Waals surface area contributed by atoms with Gasteiger partial charge in [-0.25, -0.2) is 0 Å². The lowest BCUT2D eigenvalue weighted by molar-refractivity contribution is -0.137. The summed E-state index contributed by atoms with van der Waals surface area (Å²) in [6.45, 7) is 0.0803. The lowest BCUT2D eigenvalue weighted by Gasteiger charge is -2.07. The molecule has 0 saturated carbocycles. The summed E-state index contributed by atoms with van der Waals surface area (Å²) in [4.78, 5) is 12.0. The number of carbonyl (C=O) groups is 1. The molecule has 1 amide bonds. The highest BCUT2D eigenvalue weighted by Gasteiger charge is 2.30. The van der Waals surface area contributed by atoms with E-state index < -0.39 is 17.6 Å². The molecular formula is C18H12ClF3N2O2. The molecule has 3 rings (SSSR count). The third-order valence-corrected chi connectivity index (χ3v) is 3.84. The van der Waals surface area contributed by atoms with Crippen LogP contribution in [0.4, 0.5) is 13.2 Å². The minimum absolute atomic E-state index is 0.0803. The van der Waals surface area contributed by atoms with Crippen LogP contribution in [0.1, 0.15) is 21.6 Å². The van der Waals surface area contributed by atoms with Gasteiger partial charge in [0, 0.05) is 22.2 Å². The number of alkyl halides is 3. The first-order valence-corrected chi connectivity index (χ1v) is 7.88. The Kier molecular flexibility index (Phi) is 4.99. The quantitative estimate of drug-likeness (QED) is 0.697. The molecule has 134 valence electrons. The molecule has 2 aromatic carbocycles. The molecule has 0 fully saturated rings. The van der Waals surface area contributed by atoms with Crippen LogP contribution in [-0.2, 0) is 12.7 Å². The van der Waals surface area contributed by atoms with E-state index in [9.17, 15) is 18.0 Å². The van der Waals surface area contributed by atoms with E-state index in [1.807, 2.05) is 0 Å². The molecule has 0 spiro atoms. The molecule has 0 atom stereocenters. The molecule has 0 saturated heterocycles. The van der Waals surface area contributed by atoms with Crippen LogP contribution >= 0.6 is 11.6 Å². The summed E-state index contributed by atoms with van der Waals surface area (Å²) in [5, 5.41) is 7.03. The highest BCUT2D eigenvalue weighted by molar-refractivity contribution is 6.30. The van der Waals surface area contributed by atoms with Crippen LogP contribution < -0.4 is 5.32 Å². The predicted molar refractivity (Wildman–Crippen MR) is 89.6 cm³/mol. The zero-order valence-electron chi connectivity index (χ0n) is 13.2. The van der Waals surface area contributed by atoms with Crippen molar-refractivity contribution in [3.05, 3.63) is 76.4 Å². The van der Waals surface area contributed by atoms with Gasteiger partial charge >= 0.3 is 6.18 Å². The van der Waals surface area contributed by atoms with Crippen LogP contribution in [-0.4, -0.2) is 11.1 Å². The van der Waals surface area contributed by atoms with E-state index in [0.717, 1.165) is 29.8 Å². The second kappa shape index (κ2) is 7.21. The first kappa shape index (κ1) is 18.0. The Balaban J connectivity index is 1.62. The molecule has 0 aliphatic rings. The van der Waals surface area contributed by atoms with E-state index in [0.29, 0.717) is 16.5 Å². The first-order valence-electron chi connectivity index (χ1n) is 7.50. The van der Waals surface area contributed by atoms with E-state index in [1.54, 1.807) is 30.3 Å². The van der Waals surface area contributed by atoms with Crippen molar-refractivity contribution >= 4 is 17.5 Å². The molecule has 0 unspecified atom stereocenters. The third kappa shape index (κ3) is 4.23. The molecule has 1 aromatic heterocycles. The van der Waals surface area contributed by atoms with Crippen LogP contribution in [0.25, 0.3) is 11.3 Å². The first-order chi connectivity index (χ1) is 12.3. The van der Waals surface area contributed by atoms with Crippen LogP contribution in [0.5, 0.6) is 0 Å². The second-order valence-corrected chi connectivity index (χ2v) is 5.88. The summed E-state index contributed by atoms with van der Waals surface area (Å²) >= 11 is 5.83. The van der Waals surface area contributed by atoms with E-state index in [1.165, 1.54) is 0 Å². The molecule has 4 nitrogen and oxygen atoms in total. The summed E-state index contributed by atoms with van der Waals surface area (Å²) in [5.74, 6) is 0.00946. The van der Waals surface area contributed by atoms with Crippen molar-refractivity contribution in [2.75, 3.05) is 0 Å². The van der Waals surface area contributed by atoms with Gasteiger partial charge in [-0.1, -0.05) is 16.8 Å². The fourth-order valence-electron chi connectivity index (χ4n) is 2.23. The molecule has 0 bridgehead atoms. The summed E-state index contributed by atoms with van der Waals surface area (Å²) in [6.07, 6.45) is -4.44. The molecule has 0 aliphatic carbocycles. The van der Waals surface area contributed by atoms with Crippen molar-refractivity contribution < 1.29 is 22.5 Å². The lowest BCUT2D eigenvalue weighted by atomic mass is 10.1. The number of rotatable bonds is 4. The van der Waals surface area contributed by atoms with E-state index in [2.05, 4.69) is 10.5 Å². The largest absolute Gasteiger partial charge is 0.416 e. The van der Waals surface area contributed by atoms with Gasteiger partial charge in [-0.15, -0.1) is 0 Å². The SMILES string of the molecule is O=C(NCc1cc(-c2ccc(Cl)cc2)on1)c1ccc(C(F)(F)F)cc1. The maximum Gasteiger partial charge on any atom is 0.416 e. The van der Waals surface area contributed by atoms with Crippen LogP contribution in [0, 0.1) is 0 Å². The number of nitrogens with one attached hydrogen (secondary N) is 1. The molecule has 8 heteroatoms. The Morgan fingerprint density at radius 1 is 1.08 bits per heavy atom. The smallest absolute Gasteiger partial charge is 0.356 e. The maximum atomic E-state index is 12.5. The Hall–Kier alpha value is -2.80. The van der Waals surface area contributed by atoms with E-state index >= 15 is 0 Å². The monoisotopic (exact) mass is 380 g/mol. The fraction of sp³-hybridized carbons (Fsp3) is 0.111. The number of hydrogen-bond donors (Lipinski definition) is 1. The van der Waals surface area contributed by atoms with Gasteiger partial charge in [0.05, 0.1) is 12.1 Å². The normalized spacial score (nSPS) is 11.4. The van der Waals surface area contributed by atoms with Crippen LogP contribution in [0.3, 0.4) is 0 Å². The lowest BCUT2D eigenvalue weighted by Crippen LogP contribution is -2.23. The minimum atomic E-state index is -4.44. The number of carbonyl (C=O) groups excluding carboxylic acids is 1. The number of halogens is 4. The zero-order chi connectivity index (χ0) is 18.7. The van der Waals surface area contributed by atoms with Crippen molar-refractivity contribution in [2.45, 2.75) is 12.7 Å². The Morgan fingerprint density at radius 2 is 1.73 bits per heavy atom. The highest BCUT2D eigenvalue weighted by atomic mass is 35.5. The minimum Gasteiger partial charge on any atom is -0.356 e. The zero-order valence-corrected chi connectivity index (χ0v) is 13.9. The van der Waals surface area contributed by atoms with Gasteiger partial charge in [0.15, 0.2) is 5.76 Å². The maximum absolute atomic E-state index is 12.5. The molecule has 1 N–H and O–H groups in total. The molecule has 0 aliphatic heterocycles. The molecule has 0 radical (unpaired) electrons. The standard InChI is InChI=1S/C18H12ClF3N2O2/c19-14-7-3-11(4-8-14)16-9-15(24-26-16)10-23-17(25)12-1-5-13(6-2-12)18(20,21)22/h1-9H,10H2,(H,23,25). The van der Waals surface area contributed by atoms with E-state index in [4.69, 9.17) is 16.1 Å². The fourth-order valence-corrected chi connectivity index (χ4v) is 2.35. The van der Waals surface area contributed by atoms with Crippen molar-refractivity contribution in [1.29, 1.82) is 0 Å².